The number of carboxylic acids is 1. The summed E-state index contributed by atoms with van der Waals surface area (Å²) in [5.74, 6) is -0.812. The fourth-order valence-corrected chi connectivity index (χ4v) is 3.33. The van der Waals surface area contributed by atoms with Crippen molar-refractivity contribution in [2.24, 2.45) is 0 Å². The molecule has 1 N–H and O–H groups in total. The van der Waals surface area contributed by atoms with E-state index in [-0.39, 0.29) is 23.2 Å². The highest BCUT2D eigenvalue weighted by molar-refractivity contribution is 5.88. The van der Waals surface area contributed by atoms with Gasteiger partial charge in [0.15, 0.2) is 11.5 Å². The van der Waals surface area contributed by atoms with Crippen molar-refractivity contribution >= 4 is 17.3 Å². The van der Waals surface area contributed by atoms with Crippen molar-refractivity contribution in [3.05, 3.63) is 72.3 Å². The molecule has 1 aliphatic rings. The van der Waals surface area contributed by atoms with Crippen LogP contribution < -0.4 is 14.4 Å². The summed E-state index contributed by atoms with van der Waals surface area (Å²) < 4.78 is 36.4. The Bertz CT molecular complexity index is 1060. The molecule has 166 valence electrons. The van der Waals surface area contributed by atoms with E-state index in [1.54, 1.807) is 36.7 Å². The van der Waals surface area contributed by atoms with Gasteiger partial charge in [-0.2, -0.15) is 8.78 Å². The number of halogens is 2. The second-order valence-corrected chi connectivity index (χ2v) is 7.37. The van der Waals surface area contributed by atoms with Gasteiger partial charge in [0.05, 0.1) is 18.2 Å². The number of anilines is 2. The Hall–Kier alpha value is -3.75. The van der Waals surface area contributed by atoms with E-state index in [1.807, 2.05) is 4.90 Å². The third-order valence-corrected chi connectivity index (χ3v) is 5.18. The topological polar surface area (TPSA) is 84.8 Å². The summed E-state index contributed by atoms with van der Waals surface area (Å²) >= 11 is 0. The average molecular weight is 441 g/mol. The average Bonchev–Trinajstić information content (AvgIpc) is 2.76. The molecule has 4 rings (SSSR count). The van der Waals surface area contributed by atoms with Gasteiger partial charge in [0.25, 0.3) is 0 Å². The molecule has 1 aromatic heterocycles. The number of aromatic carboxylic acids is 1. The first-order chi connectivity index (χ1) is 15.5. The summed E-state index contributed by atoms with van der Waals surface area (Å²) in [7, 11) is 0. The van der Waals surface area contributed by atoms with E-state index >= 15 is 0 Å². The van der Waals surface area contributed by atoms with E-state index in [4.69, 9.17) is 4.74 Å². The van der Waals surface area contributed by atoms with E-state index in [1.165, 1.54) is 24.5 Å². The van der Waals surface area contributed by atoms with Crippen LogP contribution in [0.1, 0.15) is 35.2 Å². The van der Waals surface area contributed by atoms with Crippen LogP contribution in [0.3, 0.4) is 0 Å². The summed E-state index contributed by atoms with van der Waals surface area (Å²) in [5, 5.41) is 9.20. The molecule has 32 heavy (non-hydrogen) atoms. The second kappa shape index (κ2) is 9.59. The molecule has 0 atom stereocenters. The maximum atomic E-state index is 12.9. The van der Waals surface area contributed by atoms with E-state index in [2.05, 4.69) is 14.7 Å². The number of nitrogens with zero attached hydrogens (tertiary/aromatic N) is 3. The number of ether oxygens (including phenoxy) is 2. The predicted octanol–water partition coefficient (Wildman–Crippen LogP) is 5.05. The molecule has 3 aromatic rings. The van der Waals surface area contributed by atoms with Gasteiger partial charge in [-0.1, -0.05) is 0 Å². The van der Waals surface area contributed by atoms with Gasteiger partial charge in [-0.3, -0.25) is 0 Å². The monoisotopic (exact) mass is 441 g/mol. The number of alkyl halides is 2. The smallest absolute Gasteiger partial charge is 0.387 e. The van der Waals surface area contributed by atoms with Gasteiger partial charge in [0.1, 0.15) is 6.33 Å². The Morgan fingerprint density at radius 1 is 1.06 bits per heavy atom. The Kier molecular flexibility index (Phi) is 6.44. The highest BCUT2D eigenvalue weighted by Gasteiger charge is 2.23. The SMILES string of the molecule is O=C(O)c1ccc(N(Cc2cncnc2)c2ccc(OC(F)F)c(OC3CCC3)c2)cc1. The largest absolute Gasteiger partial charge is 0.486 e. The van der Waals surface area contributed by atoms with E-state index in [9.17, 15) is 18.7 Å². The van der Waals surface area contributed by atoms with Gasteiger partial charge >= 0.3 is 12.6 Å². The van der Waals surface area contributed by atoms with Gasteiger partial charge in [0.2, 0.25) is 0 Å². The van der Waals surface area contributed by atoms with Crippen LogP contribution in [-0.4, -0.2) is 33.8 Å². The normalized spacial score (nSPS) is 13.5. The lowest BCUT2D eigenvalue weighted by Gasteiger charge is -2.29. The minimum Gasteiger partial charge on any atom is -0.486 e. The first-order valence-electron chi connectivity index (χ1n) is 10.1. The lowest BCUT2D eigenvalue weighted by Crippen LogP contribution is -2.25. The maximum Gasteiger partial charge on any atom is 0.387 e. The fraction of sp³-hybridized carbons (Fsp3) is 0.261. The Balaban J connectivity index is 1.71. The molecule has 0 amide bonds. The van der Waals surface area contributed by atoms with E-state index < -0.39 is 12.6 Å². The second-order valence-electron chi connectivity index (χ2n) is 7.37. The summed E-state index contributed by atoms with van der Waals surface area (Å²) in [6, 6.07) is 11.1. The molecule has 0 spiro atoms. The van der Waals surface area contributed by atoms with Crippen LogP contribution in [0.2, 0.25) is 0 Å². The number of rotatable bonds is 9. The highest BCUT2D eigenvalue weighted by Crippen LogP contribution is 2.39. The maximum absolute atomic E-state index is 12.9. The van der Waals surface area contributed by atoms with Gasteiger partial charge in [-0.25, -0.2) is 14.8 Å². The van der Waals surface area contributed by atoms with Crippen LogP contribution in [0.4, 0.5) is 20.2 Å². The summed E-state index contributed by atoms with van der Waals surface area (Å²) in [6.45, 7) is -2.60. The standard InChI is InChI=1S/C23H21F2N3O4/c24-23(25)32-20-9-8-18(10-21(20)31-19-2-1-3-19)28(13-15-11-26-14-27-12-15)17-6-4-16(5-7-17)22(29)30/h4-12,14,19,23H,1-3,13H2,(H,29,30). The highest BCUT2D eigenvalue weighted by atomic mass is 19.3. The third-order valence-electron chi connectivity index (χ3n) is 5.18. The first kappa shape index (κ1) is 21.5. The molecule has 1 saturated carbocycles. The molecule has 0 unspecified atom stereocenters. The number of aromatic nitrogens is 2. The molecule has 0 aliphatic heterocycles. The van der Waals surface area contributed by atoms with Gasteiger partial charge < -0.3 is 19.5 Å². The predicted molar refractivity (Wildman–Crippen MR) is 113 cm³/mol. The van der Waals surface area contributed by atoms with Crippen molar-refractivity contribution in [2.75, 3.05) is 4.90 Å². The van der Waals surface area contributed by atoms with Crippen LogP contribution in [-0.2, 0) is 6.54 Å². The molecular formula is C23H21F2N3O4. The molecule has 1 heterocycles. The van der Waals surface area contributed by atoms with E-state index in [0.29, 0.717) is 17.9 Å². The number of carboxylic acid groups (broad SMARTS) is 1. The van der Waals surface area contributed by atoms with Crippen molar-refractivity contribution in [3.63, 3.8) is 0 Å². The number of hydrogen-bond donors (Lipinski definition) is 1. The summed E-state index contributed by atoms with van der Waals surface area (Å²) in [5.41, 5.74) is 2.33. The van der Waals surface area contributed by atoms with Crippen LogP contribution in [0, 0.1) is 0 Å². The quantitative estimate of drug-likeness (QED) is 0.498. The van der Waals surface area contributed by atoms with Crippen molar-refractivity contribution in [1.29, 1.82) is 0 Å². The summed E-state index contributed by atoms with van der Waals surface area (Å²) in [6.07, 6.45) is 7.50. The molecule has 2 aromatic carbocycles. The third kappa shape index (κ3) is 5.11. The fourth-order valence-electron chi connectivity index (χ4n) is 3.33. The molecule has 9 heteroatoms. The number of carbonyl (C=O) groups is 1. The molecule has 0 bridgehead atoms. The zero-order valence-electron chi connectivity index (χ0n) is 17.0. The number of hydrogen-bond acceptors (Lipinski definition) is 6. The summed E-state index contributed by atoms with van der Waals surface area (Å²) in [4.78, 5) is 21.2. The Morgan fingerprint density at radius 3 is 2.34 bits per heavy atom. The number of benzene rings is 2. The first-order valence-corrected chi connectivity index (χ1v) is 10.1. The minimum absolute atomic E-state index is 0.0279. The van der Waals surface area contributed by atoms with Crippen LogP contribution in [0.15, 0.2) is 61.2 Å². The van der Waals surface area contributed by atoms with Gasteiger partial charge in [-0.15, -0.1) is 0 Å². The molecule has 0 radical (unpaired) electrons. The molecule has 1 fully saturated rings. The van der Waals surface area contributed by atoms with Crippen molar-refractivity contribution in [1.82, 2.24) is 9.97 Å². The van der Waals surface area contributed by atoms with Crippen LogP contribution in [0.5, 0.6) is 11.5 Å². The zero-order chi connectivity index (χ0) is 22.5. The van der Waals surface area contributed by atoms with Crippen molar-refractivity contribution in [3.8, 4) is 11.5 Å². The van der Waals surface area contributed by atoms with Crippen molar-refractivity contribution in [2.45, 2.75) is 38.5 Å². The zero-order valence-corrected chi connectivity index (χ0v) is 17.0. The molecular weight excluding hydrogens is 420 g/mol. The lowest BCUT2D eigenvalue weighted by molar-refractivity contribution is -0.0526. The van der Waals surface area contributed by atoms with Gasteiger partial charge in [0, 0.05) is 35.4 Å². The van der Waals surface area contributed by atoms with E-state index in [0.717, 1.165) is 24.8 Å². The minimum atomic E-state index is -2.97. The Labute approximate surface area is 183 Å². The Morgan fingerprint density at radius 2 is 1.75 bits per heavy atom. The molecule has 1 aliphatic carbocycles. The lowest BCUT2D eigenvalue weighted by atomic mass is 9.96. The van der Waals surface area contributed by atoms with Crippen LogP contribution >= 0.6 is 0 Å². The molecule has 0 saturated heterocycles. The van der Waals surface area contributed by atoms with Crippen LogP contribution in [0.25, 0.3) is 0 Å². The van der Waals surface area contributed by atoms with Crippen molar-refractivity contribution < 1.29 is 28.2 Å². The van der Waals surface area contributed by atoms with Gasteiger partial charge in [-0.05, 0) is 55.7 Å². The molecule has 7 nitrogen and oxygen atoms in total.